The van der Waals surface area contributed by atoms with Crippen LogP contribution in [0.2, 0.25) is 0 Å². The average Bonchev–Trinajstić information content (AvgIpc) is 2.00. The molecule has 1 aliphatic rings. The molecule has 1 saturated heterocycles. The molecule has 0 spiro atoms. The Hall–Kier alpha value is -1.70. The highest BCUT2D eigenvalue weighted by atomic mass is 16.4. The molecule has 0 aromatic carbocycles. The van der Waals surface area contributed by atoms with Crippen molar-refractivity contribution in [1.29, 1.82) is 0 Å². The van der Waals surface area contributed by atoms with Crippen molar-refractivity contribution in [2.24, 2.45) is 0 Å². The van der Waals surface area contributed by atoms with Gasteiger partial charge in [-0.25, -0.2) is 4.79 Å². The van der Waals surface area contributed by atoms with Crippen LogP contribution in [0.3, 0.4) is 0 Å². The van der Waals surface area contributed by atoms with E-state index in [1.165, 1.54) is 4.90 Å². The van der Waals surface area contributed by atoms with E-state index in [0.717, 1.165) is 6.42 Å². The molecular formula is C8H10N2O3. The lowest BCUT2D eigenvalue weighted by Crippen LogP contribution is -2.53. The summed E-state index contributed by atoms with van der Waals surface area (Å²) in [6, 6.07) is -0.150. The van der Waals surface area contributed by atoms with Crippen molar-refractivity contribution in [2.75, 3.05) is 13.1 Å². The quantitative estimate of drug-likeness (QED) is 0.565. The number of terminal acetylenes is 1. The van der Waals surface area contributed by atoms with Gasteiger partial charge in [-0.1, -0.05) is 5.92 Å². The van der Waals surface area contributed by atoms with E-state index in [2.05, 4.69) is 5.92 Å². The molecule has 1 aliphatic heterocycles. The van der Waals surface area contributed by atoms with E-state index in [-0.39, 0.29) is 18.5 Å². The van der Waals surface area contributed by atoms with Gasteiger partial charge in [0.25, 0.3) is 0 Å². The van der Waals surface area contributed by atoms with Gasteiger partial charge < -0.3 is 15.3 Å². The second-order valence-corrected chi connectivity index (χ2v) is 2.72. The monoisotopic (exact) mass is 182 g/mol. The van der Waals surface area contributed by atoms with Gasteiger partial charge in [-0.3, -0.25) is 4.79 Å². The highest BCUT2D eigenvalue weighted by molar-refractivity contribution is 5.83. The lowest BCUT2D eigenvalue weighted by molar-refractivity contribution is -0.135. The third-order valence-electron chi connectivity index (χ3n) is 1.92. The van der Waals surface area contributed by atoms with E-state index in [9.17, 15) is 9.59 Å². The summed E-state index contributed by atoms with van der Waals surface area (Å²) in [6.45, 7) is 0.419. The van der Waals surface area contributed by atoms with Crippen LogP contribution in [0, 0.1) is 12.3 Å². The minimum absolute atomic E-state index is 0.150. The molecule has 0 saturated carbocycles. The maximum atomic E-state index is 11.2. The number of hydrogen-bond donors (Lipinski definition) is 2. The Morgan fingerprint density at radius 1 is 1.69 bits per heavy atom. The summed E-state index contributed by atoms with van der Waals surface area (Å²) in [4.78, 5) is 22.7. The van der Waals surface area contributed by atoms with Gasteiger partial charge in [-0.15, -0.1) is 6.42 Å². The molecular weight excluding hydrogens is 172 g/mol. The number of hydrogen-bond acceptors (Lipinski definition) is 2. The maximum absolute atomic E-state index is 11.2. The number of carboxylic acid groups (broad SMARTS) is 1. The Kier molecular flexibility index (Phi) is 2.75. The lowest BCUT2D eigenvalue weighted by atomic mass is 10.0. The minimum Gasteiger partial charge on any atom is -0.465 e. The summed E-state index contributed by atoms with van der Waals surface area (Å²) in [6.07, 6.45) is 4.74. The zero-order valence-electron chi connectivity index (χ0n) is 6.99. The molecule has 0 bridgehead atoms. The first-order chi connectivity index (χ1) is 6.15. The first-order valence-corrected chi connectivity index (χ1v) is 3.87. The number of carbonyl (C=O) groups excluding carboxylic acids is 1. The normalized spacial score (nSPS) is 19.9. The molecule has 0 aromatic heterocycles. The van der Waals surface area contributed by atoms with Gasteiger partial charge in [0.1, 0.15) is 6.54 Å². The maximum Gasteiger partial charge on any atom is 0.405 e. The molecule has 2 N–H and O–H groups in total. The molecule has 2 amide bonds. The predicted octanol–water partition coefficient (Wildman–Crippen LogP) is -0.512. The van der Waals surface area contributed by atoms with Crippen molar-refractivity contribution < 1.29 is 14.7 Å². The molecule has 13 heavy (non-hydrogen) atoms. The molecule has 1 atom stereocenters. The molecule has 5 heteroatoms. The van der Waals surface area contributed by atoms with Crippen LogP contribution in [0.1, 0.15) is 6.42 Å². The number of rotatable bonds is 2. The SMILES string of the molecule is C#C[C@@H]1CCN1C(=O)CNC(=O)O. The van der Waals surface area contributed by atoms with E-state index in [1.54, 1.807) is 0 Å². The molecule has 1 heterocycles. The van der Waals surface area contributed by atoms with Crippen molar-refractivity contribution >= 4 is 12.0 Å². The second-order valence-electron chi connectivity index (χ2n) is 2.72. The Morgan fingerprint density at radius 2 is 2.38 bits per heavy atom. The van der Waals surface area contributed by atoms with E-state index < -0.39 is 6.09 Å². The summed E-state index contributed by atoms with van der Waals surface area (Å²) in [7, 11) is 0. The number of nitrogens with one attached hydrogen (secondary N) is 1. The fourth-order valence-electron chi connectivity index (χ4n) is 1.11. The Bertz CT molecular complexity index is 269. The standard InChI is InChI=1S/C8H10N2O3/c1-2-6-3-4-10(6)7(11)5-9-8(12)13/h1,6,9H,3-5H2,(H,12,13)/t6-/m1/s1. The minimum atomic E-state index is -1.20. The topological polar surface area (TPSA) is 69.6 Å². The van der Waals surface area contributed by atoms with Crippen LogP contribution >= 0.6 is 0 Å². The molecule has 0 aliphatic carbocycles. The second kappa shape index (κ2) is 3.81. The first kappa shape index (κ1) is 9.39. The average molecular weight is 182 g/mol. The summed E-state index contributed by atoms with van der Waals surface area (Å²) in [5.41, 5.74) is 0. The van der Waals surface area contributed by atoms with Gasteiger partial charge in [0.05, 0.1) is 6.04 Å². The number of carbonyl (C=O) groups is 2. The largest absolute Gasteiger partial charge is 0.465 e. The van der Waals surface area contributed by atoms with E-state index in [1.807, 2.05) is 5.32 Å². The van der Waals surface area contributed by atoms with Crippen LogP contribution in [0.25, 0.3) is 0 Å². The van der Waals surface area contributed by atoms with Crippen molar-refractivity contribution in [2.45, 2.75) is 12.5 Å². The van der Waals surface area contributed by atoms with Crippen molar-refractivity contribution in [3.8, 4) is 12.3 Å². The fraction of sp³-hybridized carbons (Fsp3) is 0.500. The highest BCUT2D eigenvalue weighted by Crippen LogP contribution is 2.15. The summed E-state index contributed by atoms with van der Waals surface area (Å²) < 4.78 is 0. The van der Waals surface area contributed by atoms with E-state index in [0.29, 0.717) is 6.54 Å². The van der Waals surface area contributed by atoms with Gasteiger partial charge in [0.15, 0.2) is 0 Å². The smallest absolute Gasteiger partial charge is 0.405 e. The van der Waals surface area contributed by atoms with E-state index in [4.69, 9.17) is 11.5 Å². The van der Waals surface area contributed by atoms with Gasteiger partial charge in [-0.2, -0.15) is 0 Å². The first-order valence-electron chi connectivity index (χ1n) is 3.87. The summed E-state index contributed by atoms with van der Waals surface area (Å²) >= 11 is 0. The van der Waals surface area contributed by atoms with E-state index >= 15 is 0 Å². The predicted molar refractivity (Wildman–Crippen MR) is 45.0 cm³/mol. The summed E-state index contributed by atoms with van der Waals surface area (Å²) in [5.74, 6) is 2.18. The third kappa shape index (κ3) is 2.12. The molecule has 5 nitrogen and oxygen atoms in total. The fourth-order valence-corrected chi connectivity index (χ4v) is 1.11. The van der Waals surface area contributed by atoms with Crippen molar-refractivity contribution in [1.82, 2.24) is 10.2 Å². The molecule has 0 unspecified atom stereocenters. The molecule has 70 valence electrons. The van der Waals surface area contributed by atoms with Crippen LogP contribution in [0.4, 0.5) is 4.79 Å². The molecule has 0 radical (unpaired) electrons. The number of amides is 2. The van der Waals surface area contributed by atoms with Crippen molar-refractivity contribution in [3.63, 3.8) is 0 Å². The summed E-state index contributed by atoms with van der Waals surface area (Å²) in [5, 5.41) is 10.2. The number of nitrogens with zero attached hydrogens (tertiary/aromatic N) is 1. The van der Waals surface area contributed by atoms with Gasteiger partial charge >= 0.3 is 6.09 Å². The lowest BCUT2D eigenvalue weighted by Gasteiger charge is -2.37. The van der Waals surface area contributed by atoms with Crippen LogP contribution in [-0.2, 0) is 4.79 Å². The zero-order valence-corrected chi connectivity index (χ0v) is 6.99. The molecule has 0 aromatic rings. The van der Waals surface area contributed by atoms with Crippen LogP contribution < -0.4 is 5.32 Å². The van der Waals surface area contributed by atoms with Gasteiger partial charge in [0, 0.05) is 6.54 Å². The molecule has 1 fully saturated rings. The Morgan fingerprint density at radius 3 is 2.77 bits per heavy atom. The number of likely N-dealkylation sites (tertiary alicyclic amines) is 1. The van der Waals surface area contributed by atoms with Gasteiger partial charge in [0.2, 0.25) is 5.91 Å². The Balaban J connectivity index is 2.32. The zero-order chi connectivity index (χ0) is 9.84. The van der Waals surface area contributed by atoms with Crippen LogP contribution in [0.15, 0.2) is 0 Å². The Labute approximate surface area is 75.7 Å². The van der Waals surface area contributed by atoms with Gasteiger partial charge in [-0.05, 0) is 6.42 Å². The molecule has 1 rings (SSSR count). The van der Waals surface area contributed by atoms with Crippen LogP contribution in [0.5, 0.6) is 0 Å². The highest BCUT2D eigenvalue weighted by Gasteiger charge is 2.30. The third-order valence-corrected chi connectivity index (χ3v) is 1.92. The van der Waals surface area contributed by atoms with Crippen molar-refractivity contribution in [3.05, 3.63) is 0 Å². The van der Waals surface area contributed by atoms with Crippen LogP contribution in [-0.4, -0.2) is 41.1 Å².